The van der Waals surface area contributed by atoms with Gasteiger partial charge in [-0.1, -0.05) is 0 Å². The van der Waals surface area contributed by atoms with E-state index in [1.165, 1.54) is 36.1 Å². The predicted octanol–water partition coefficient (Wildman–Crippen LogP) is 3.69. The van der Waals surface area contributed by atoms with Crippen LogP contribution in [0, 0.1) is 6.92 Å². The first-order valence-electron chi connectivity index (χ1n) is 8.70. The van der Waals surface area contributed by atoms with Crippen molar-refractivity contribution in [2.75, 3.05) is 5.32 Å². The number of fused-ring (bicyclic) bond motifs is 1. The molecule has 4 heterocycles. The number of pyridine rings is 2. The fourth-order valence-corrected chi connectivity index (χ4v) is 3.90. The van der Waals surface area contributed by atoms with Gasteiger partial charge in [0, 0.05) is 35.1 Å². The van der Waals surface area contributed by atoms with E-state index in [4.69, 9.17) is 0 Å². The molecule has 1 fully saturated rings. The first kappa shape index (κ1) is 16.1. The SMILES string of the molecule is Cc1csc(NC(=O)c2cc(-c3cnccc3C3CC3)cn3ncnc23)n1. The van der Waals surface area contributed by atoms with E-state index in [1.807, 2.05) is 37.0 Å². The maximum atomic E-state index is 12.9. The van der Waals surface area contributed by atoms with Crippen LogP contribution in [0.2, 0.25) is 0 Å². The molecule has 0 unspecified atom stereocenters. The van der Waals surface area contributed by atoms with Crippen LogP contribution in [-0.4, -0.2) is 30.5 Å². The summed E-state index contributed by atoms with van der Waals surface area (Å²) in [6.07, 6.45) is 9.42. The number of nitrogens with zero attached hydrogens (tertiary/aromatic N) is 5. The summed E-state index contributed by atoms with van der Waals surface area (Å²) in [7, 11) is 0. The topological polar surface area (TPSA) is 85.1 Å². The standard InChI is InChI=1S/C19H16N6OS/c1-11-9-27-19(23-11)24-18(26)15-6-13(8-25-17(15)21-10-22-25)16-7-20-5-4-14(16)12-2-3-12/h4-10,12H,2-3H2,1H3,(H,23,24,26). The molecule has 1 aliphatic carbocycles. The Kier molecular flexibility index (Phi) is 3.71. The van der Waals surface area contributed by atoms with Gasteiger partial charge in [0.15, 0.2) is 10.8 Å². The molecule has 8 heteroatoms. The number of aromatic nitrogens is 5. The molecular formula is C19H16N6OS. The van der Waals surface area contributed by atoms with Crippen molar-refractivity contribution in [1.82, 2.24) is 24.6 Å². The third-order valence-corrected chi connectivity index (χ3v) is 5.52. The zero-order valence-electron chi connectivity index (χ0n) is 14.6. The Morgan fingerprint density at radius 3 is 3.04 bits per heavy atom. The van der Waals surface area contributed by atoms with E-state index in [0.29, 0.717) is 22.3 Å². The second-order valence-electron chi connectivity index (χ2n) is 6.66. The highest BCUT2D eigenvalue weighted by Gasteiger charge is 2.27. The lowest BCUT2D eigenvalue weighted by atomic mass is 9.99. The number of hydrogen-bond acceptors (Lipinski definition) is 6. The number of anilines is 1. The minimum Gasteiger partial charge on any atom is -0.298 e. The van der Waals surface area contributed by atoms with Crippen LogP contribution in [-0.2, 0) is 0 Å². The molecule has 0 spiro atoms. The van der Waals surface area contributed by atoms with Gasteiger partial charge in [-0.05, 0) is 43.4 Å². The van der Waals surface area contributed by atoms with Gasteiger partial charge in [-0.25, -0.2) is 14.5 Å². The van der Waals surface area contributed by atoms with E-state index in [1.54, 1.807) is 4.52 Å². The van der Waals surface area contributed by atoms with E-state index < -0.39 is 0 Å². The van der Waals surface area contributed by atoms with Crippen molar-refractivity contribution >= 4 is 28.0 Å². The summed E-state index contributed by atoms with van der Waals surface area (Å²) in [5.41, 5.74) is 5.07. The van der Waals surface area contributed by atoms with Crippen LogP contribution in [0.3, 0.4) is 0 Å². The van der Waals surface area contributed by atoms with Crippen molar-refractivity contribution in [3.63, 3.8) is 0 Å². The number of hydrogen-bond donors (Lipinski definition) is 1. The van der Waals surface area contributed by atoms with E-state index >= 15 is 0 Å². The zero-order valence-corrected chi connectivity index (χ0v) is 15.4. The Balaban J connectivity index is 1.60. The maximum absolute atomic E-state index is 12.9. The highest BCUT2D eigenvalue weighted by molar-refractivity contribution is 7.13. The minimum atomic E-state index is -0.249. The summed E-state index contributed by atoms with van der Waals surface area (Å²) < 4.78 is 1.64. The molecule has 0 bridgehead atoms. The van der Waals surface area contributed by atoms with Crippen LogP contribution in [0.15, 0.2) is 42.4 Å². The van der Waals surface area contributed by atoms with Gasteiger partial charge in [-0.15, -0.1) is 11.3 Å². The molecule has 0 aliphatic heterocycles. The van der Waals surface area contributed by atoms with Gasteiger partial charge in [0.05, 0.1) is 11.3 Å². The van der Waals surface area contributed by atoms with Crippen molar-refractivity contribution < 1.29 is 4.79 Å². The molecule has 134 valence electrons. The molecular weight excluding hydrogens is 360 g/mol. The third-order valence-electron chi connectivity index (χ3n) is 4.64. The second kappa shape index (κ2) is 6.24. The zero-order chi connectivity index (χ0) is 18.4. The Bertz CT molecular complexity index is 1160. The van der Waals surface area contributed by atoms with Crippen molar-refractivity contribution in [3.8, 4) is 11.1 Å². The number of carbonyl (C=O) groups is 1. The molecule has 1 saturated carbocycles. The van der Waals surface area contributed by atoms with E-state index in [0.717, 1.165) is 16.8 Å². The highest BCUT2D eigenvalue weighted by atomic mass is 32.1. The van der Waals surface area contributed by atoms with Gasteiger partial charge in [0.25, 0.3) is 5.91 Å². The first-order valence-corrected chi connectivity index (χ1v) is 9.58. The van der Waals surface area contributed by atoms with Gasteiger partial charge in [0.2, 0.25) is 0 Å². The molecule has 7 nitrogen and oxygen atoms in total. The van der Waals surface area contributed by atoms with Crippen molar-refractivity contribution in [1.29, 1.82) is 0 Å². The van der Waals surface area contributed by atoms with Crippen LogP contribution in [0.4, 0.5) is 5.13 Å². The number of carbonyl (C=O) groups excluding carboxylic acids is 1. The predicted molar refractivity (Wildman–Crippen MR) is 103 cm³/mol. The van der Waals surface area contributed by atoms with Gasteiger partial charge in [0.1, 0.15) is 6.33 Å². The number of amides is 1. The van der Waals surface area contributed by atoms with Gasteiger partial charge >= 0.3 is 0 Å². The van der Waals surface area contributed by atoms with Crippen LogP contribution in [0.25, 0.3) is 16.8 Å². The molecule has 0 aromatic carbocycles. The summed E-state index contributed by atoms with van der Waals surface area (Å²) in [5.74, 6) is 0.325. The van der Waals surface area contributed by atoms with E-state index in [9.17, 15) is 4.79 Å². The fourth-order valence-electron chi connectivity index (χ4n) is 3.21. The lowest BCUT2D eigenvalue weighted by Crippen LogP contribution is -2.14. The van der Waals surface area contributed by atoms with Crippen LogP contribution < -0.4 is 5.32 Å². The monoisotopic (exact) mass is 376 g/mol. The molecule has 1 aliphatic rings. The smallest absolute Gasteiger partial charge is 0.261 e. The van der Waals surface area contributed by atoms with Crippen LogP contribution in [0.5, 0.6) is 0 Å². The van der Waals surface area contributed by atoms with Crippen LogP contribution in [0.1, 0.15) is 40.4 Å². The average Bonchev–Trinajstić information content (AvgIpc) is 3.28. The summed E-state index contributed by atoms with van der Waals surface area (Å²) in [4.78, 5) is 25.8. The highest BCUT2D eigenvalue weighted by Crippen LogP contribution is 2.44. The van der Waals surface area contributed by atoms with Crippen LogP contribution >= 0.6 is 11.3 Å². The summed E-state index contributed by atoms with van der Waals surface area (Å²) in [6.45, 7) is 1.89. The van der Waals surface area contributed by atoms with Crippen molar-refractivity contribution in [2.24, 2.45) is 0 Å². The van der Waals surface area contributed by atoms with Crippen molar-refractivity contribution in [2.45, 2.75) is 25.7 Å². The molecule has 0 radical (unpaired) electrons. The largest absolute Gasteiger partial charge is 0.298 e. The molecule has 5 rings (SSSR count). The molecule has 4 aromatic rings. The van der Waals surface area contributed by atoms with Gasteiger partial charge < -0.3 is 0 Å². The number of rotatable bonds is 4. The van der Waals surface area contributed by atoms with Gasteiger partial charge in [-0.2, -0.15) is 5.10 Å². The Morgan fingerprint density at radius 2 is 2.26 bits per heavy atom. The Labute approximate surface area is 159 Å². The summed E-state index contributed by atoms with van der Waals surface area (Å²) in [5, 5.41) is 9.57. The quantitative estimate of drug-likeness (QED) is 0.587. The lowest BCUT2D eigenvalue weighted by Gasteiger charge is -2.11. The van der Waals surface area contributed by atoms with Crippen molar-refractivity contribution in [3.05, 3.63) is 59.3 Å². The normalized spacial score (nSPS) is 13.8. The van der Waals surface area contributed by atoms with Gasteiger partial charge in [-0.3, -0.25) is 15.1 Å². The molecule has 1 N–H and O–H groups in total. The lowest BCUT2D eigenvalue weighted by molar-refractivity contribution is 0.102. The Hall–Kier alpha value is -3.13. The fraction of sp³-hybridized carbons (Fsp3) is 0.211. The van der Waals surface area contributed by atoms with E-state index in [2.05, 4.69) is 31.4 Å². The molecule has 1 amide bonds. The minimum absolute atomic E-state index is 0.249. The molecule has 0 saturated heterocycles. The first-order chi connectivity index (χ1) is 13.2. The summed E-state index contributed by atoms with van der Waals surface area (Å²) in [6, 6.07) is 3.93. The summed E-state index contributed by atoms with van der Waals surface area (Å²) >= 11 is 1.40. The second-order valence-corrected chi connectivity index (χ2v) is 7.51. The number of aryl methyl sites for hydroxylation is 1. The number of thiazole rings is 1. The van der Waals surface area contributed by atoms with E-state index in [-0.39, 0.29) is 5.91 Å². The molecule has 27 heavy (non-hydrogen) atoms. The molecule has 4 aromatic heterocycles. The third kappa shape index (κ3) is 2.97. The maximum Gasteiger partial charge on any atom is 0.261 e. The molecule has 0 atom stereocenters. The number of nitrogens with one attached hydrogen (secondary N) is 1. The average molecular weight is 376 g/mol. The Morgan fingerprint density at radius 1 is 1.37 bits per heavy atom.